The fourth-order valence-corrected chi connectivity index (χ4v) is 2.88. The zero-order chi connectivity index (χ0) is 15.4. The lowest BCUT2D eigenvalue weighted by atomic mass is 10.1. The zero-order valence-electron chi connectivity index (χ0n) is 12.4. The third kappa shape index (κ3) is 3.93. The Kier molecular flexibility index (Phi) is 5.17. The van der Waals surface area contributed by atoms with Crippen molar-refractivity contribution >= 4 is 17.8 Å². The zero-order valence-corrected chi connectivity index (χ0v) is 12.4. The Morgan fingerprint density at radius 3 is 2.71 bits per heavy atom. The number of likely N-dealkylation sites (N-methyl/N-ethyl adjacent to an activating group) is 1. The van der Waals surface area contributed by atoms with Crippen LogP contribution in [0.25, 0.3) is 0 Å². The number of hydrogen-bond donors (Lipinski definition) is 2. The van der Waals surface area contributed by atoms with Crippen molar-refractivity contribution in [3.05, 3.63) is 0 Å². The Labute approximate surface area is 124 Å². The second kappa shape index (κ2) is 6.89. The van der Waals surface area contributed by atoms with E-state index in [9.17, 15) is 19.5 Å². The molecule has 2 N–H and O–H groups in total. The highest BCUT2D eigenvalue weighted by Crippen LogP contribution is 2.24. The molecule has 2 unspecified atom stereocenters. The Balaban J connectivity index is 1.63. The van der Waals surface area contributed by atoms with Crippen molar-refractivity contribution in [3.63, 3.8) is 0 Å². The van der Waals surface area contributed by atoms with Gasteiger partial charge in [-0.1, -0.05) is 6.42 Å². The van der Waals surface area contributed by atoms with Gasteiger partial charge in [0.15, 0.2) is 0 Å². The van der Waals surface area contributed by atoms with E-state index in [0.717, 1.165) is 19.3 Å². The van der Waals surface area contributed by atoms with Crippen molar-refractivity contribution in [2.75, 3.05) is 26.7 Å². The quantitative estimate of drug-likeness (QED) is 0.672. The summed E-state index contributed by atoms with van der Waals surface area (Å²) in [7, 11) is 1.58. The summed E-state index contributed by atoms with van der Waals surface area (Å²) >= 11 is 0. The Bertz CT molecular complexity index is 426. The van der Waals surface area contributed by atoms with Crippen LogP contribution < -0.4 is 5.32 Å². The van der Waals surface area contributed by atoms with Gasteiger partial charge in [-0.15, -0.1) is 0 Å². The van der Waals surface area contributed by atoms with E-state index < -0.39 is 0 Å². The molecule has 1 heterocycles. The summed E-state index contributed by atoms with van der Waals surface area (Å²) < 4.78 is 0. The SMILES string of the molecule is CN1CC(=O)N(CCCC(=O)NCC2CCCC2O)C1=O. The monoisotopic (exact) mass is 297 g/mol. The first-order chi connectivity index (χ1) is 9.99. The summed E-state index contributed by atoms with van der Waals surface area (Å²) in [6.45, 7) is 0.899. The Morgan fingerprint density at radius 2 is 2.14 bits per heavy atom. The van der Waals surface area contributed by atoms with Crippen molar-refractivity contribution in [1.82, 2.24) is 15.1 Å². The molecule has 1 saturated heterocycles. The van der Waals surface area contributed by atoms with Crippen LogP contribution in [0.5, 0.6) is 0 Å². The van der Waals surface area contributed by atoms with Crippen LogP contribution in [0.15, 0.2) is 0 Å². The molecule has 7 nitrogen and oxygen atoms in total. The lowest BCUT2D eigenvalue weighted by Gasteiger charge is -2.16. The van der Waals surface area contributed by atoms with Crippen LogP contribution in [-0.4, -0.2) is 65.5 Å². The van der Waals surface area contributed by atoms with Crippen molar-refractivity contribution < 1.29 is 19.5 Å². The second-order valence-electron chi connectivity index (χ2n) is 5.85. The maximum Gasteiger partial charge on any atom is 0.326 e. The van der Waals surface area contributed by atoms with Crippen LogP contribution in [0.4, 0.5) is 4.79 Å². The normalized spacial score (nSPS) is 25.8. The lowest BCUT2D eigenvalue weighted by Crippen LogP contribution is -2.35. The minimum atomic E-state index is -0.305. The second-order valence-corrected chi connectivity index (χ2v) is 5.85. The topological polar surface area (TPSA) is 90.0 Å². The molecule has 0 aromatic heterocycles. The van der Waals surface area contributed by atoms with E-state index in [2.05, 4.69) is 5.32 Å². The van der Waals surface area contributed by atoms with Gasteiger partial charge in [-0.05, 0) is 19.3 Å². The predicted octanol–water partition coefficient (Wildman–Crippen LogP) is -0.0622. The van der Waals surface area contributed by atoms with Gasteiger partial charge in [-0.3, -0.25) is 14.5 Å². The number of aliphatic hydroxyl groups excluding tert-OH is 1. The van der Waals surface area contributed by atoms with E-state index in [1.54, 1.807) is 7.05 Å². The molecule has 0 radical (unpaired) electrons. The lowest BCUT2D eigenvalue weighted by molar-refractivity contribution is -0.126. The summed E-state index contributed by atoms with van der Waals surface area (Å²) in [6, 6.07) is -0.297. The largest absolute Gasteiger partial charge is 0.393 e. The molecule has 1 saturated carbocycles. The van der Waals surface area contributed by atoms with Gasteiger partial charge in [-0.25, -0.2) is 4.79 Å². The van der Waals surface area contributed by atoms with E-state index in [4.69, 9.17) is 0 Å². The molecule has 1 aliphatic heterocycles. The molecule has 7 heteroatoms. The average molecular weight is 297 g/mol. The summed E-state index contributed by atoms with van der Waals surface area (Å²) in [5, 5.41) is 12.5. The third-order valence-corrected chi connectivity index (χ3v) is 4.20. The molecule has 2 rings (SSSR count). The van der Waals surface area contributed by atoms with Gasteiger partial charge < -0.3 is 15.3 Å². The van der Waals surface area contributed by atoms with Crippen LogP contribution >= 0.6 is 0 Å². The smallest absolute Gasteiger partial charge is 0.326 e. The third-order valence-electron chi connectivity index (χ3n) is 4.20. The number of carbonyl (C=O) groups is 3. The van der Waals surface area contributed by atoms with Crippen LogP contribution in [0.1, 0.15) is 32.1 Å². The van der Waals surface area contributed by atoms with Crippen molar-refractivity contribution in [3.8, 4) is 0 Å². The molecule has 0 aromatic rings. The van der Waals surface area contributed by atoms with Gasteiger partial charge in [0.05, 0.1) is 6.10 Å². The number of nitrogens with zero attached hydrogens (tertiary/aromatic N) is 2. The molecule has 0 aromatic carbocycles. The first-order valence-corrected chi connectivity index (χ1v) is 7.49. The van der Waals surface area contributed by atoms with Crippen molar-refractivity contribution in [1.29, 1.82) is 0 Å². The molecule has 2 fully saturated rings. The highest BCUT2D eigenvalue weighted by Gasteiger charge is 2.32. The molecule has 2 atom stereocenters. The number of carbonyl (C=O) groups excluding carboxylic acids is 3. The van der Waals surface area contributed by atoms with Crippen molar-refractivity contribution in [2.24, 2.45) is 5.92 Å². The number of aliphatic hydroxyl groups is 1. The molecular weight excluding hydrogens is 274 g/mol. The highest BCUT2D eigenvalue weighted by atomic mass is 16.3. The Hall–Kier alpha value is -1.63. The summed E-state index contributed by atoms with van der Waals surface area (Å²) in [5.74, 6) is -0.150. The van der Waals surface area contributed by atoms with E-state index in [1.807, 2.05) is 0 Å². The van der Waals surface area contributed by atoms with Gasteiger partial charge >= 0.3 is 6.03 Å². The average Bonchev–Trinajstić information content (AvgIpc) is 2.94. The number of imide groups is 1. The van der Waals surface area contributed by atoms with Crippen LogP contribution in [0.3, 0.4) is 0 Å². The number of hydrogen-bond acceptors (Lipinski definition) is 4. The predicted molar refractivity (Wildman–Crippen MR) is 75.3 cm³/mol. The van der Waals surface area contributed by atoms with E-state index in [1.165, 1.54) is 9.80 Å². The summed E-state index contributed by atoms with van der Waals surface area (Å²) in [5.41, 5.74) is 0. The number of rotatable bonds is 6. The van der Waals surface area contributed by atoms with Gasteiger partial charge in [0.1, 0.15) is 6.54 Å². The number of nitrogens with one attached hydrogen (secondary N) is 1. The molecule has 0 bridgehead atoms. The molecule has 2 aliphatic rings. The van der Waals surface area contributed by atoms with Crippen LogP contribution in [0, 0.1) is 5.92 Å². The fourth-order valence-electron chi connectivity index (χ4n) is 2.88. The maximum atomic E-state index is 11.7. The van der Waals surface area contributed by atoms with Crippen molar-refractivity contribution in [2.45, 2.75) is 38.2 Å². The standard InChI is InChI=1S/C14H23N3O4/c1-16-9-13(20)17(14(16)21)7-3-6-12(19)15-8-10-4-2-5-11(10)18/h10-11,18H,2-9H2,1H3,(H,15,19). The Morgan fingerprint density at radius 1 is 1.38 bits per heavy atom. The van der Waals surface area contributed by atoms with Gasteiger partial charge in [0.2, 0.25) is 11.8 Å². The van der Waals surface area contributed by atoms with E-state index >= 15 is 0 Å². The molecule has 1 aliphatic carbocycles. The minimum absolute atomic E-state index is 0.0958. The number of amides is 4. The van der Waals surface area contributed by atoms with Gasteiger partial charge in [-0.2, -0.15) is 0 Å². The van der Waals surface area contributed by atoms with E-state index in [0.29, 0.717) is 13.0 Å². The van der Waals surface area contributed by atoms with Crippen LogP contribution in [0.2, 0.25) is 0 Å². The van der Waals surface area contributed by atoms with Gasteiger partial charge in [0.25, 0.3) is 0 Å². The summed E-state index contributed by atoms with van der Waals surface area (Å²) in [6.07, 6.45) is 3.21. The fraction of sp³-hybridized carbons (Fsp3) is 0.786. The first-order valence-electron chi connectivity index (χ1n) is 7.49. The molecule has 118 valence electrons. The molecule has 0 spiro atoms. The highest BCUT2D eigenvalue weighted by molar-refractivity contribution is 6.01. The summed E-state index contributed by atoms with van der Waals surface area (Å²) in [4.78, 5) is 37.4. The molecule has 21 heavy (non-hydrogen) atoms. The van der Waals surface area contributed by atoms with E-state index in [-0.39, 0.29) is 49.4 Å². The van der Waals surface area contributed by atoms with Gasteiger partial charge in [0, 0.05) is 32.5 Å². The molecular formula is C14H23N3O4. The van der Waals surface area contributed by atoms with Crippen LogP contribution in [-0.2, 0) is 9.59 Å². The maximum absolute atomic E-state index is 11.7. The first kappa shape index (κ1) is 15.8. The number of urea groups is 1. The minimum Gasteiger partial charge on any atom is -0.393 e. The molecule has 4 amide bonds.